The van der Waals surface area contributed by atoms with E-state index in [9.17, 15) is 4.39 Å². The lowest BCUT2D eigenvalue weighted by Crippen LogP contribution is -2.55. The van der Waals surface area contributed by atoms with Crippen molar-refractivity contribution in [1.29, 1.82) is 0 Å². The van der Waals surface area contributed by atoms with E-state index in [1.54, 1.807) is 12.1 Å². The summed E-state index contributed by atoms with van der Waals surface area (Å²) in [4.78, 5) is 4.83. The largest absolute Gasteiger partial charge is 0.366 e. The molecular formula is C15H20BrFN2. The molecule has 0 bridgehead atoms. The average Bonchev–Trinajstić information content (AvgIpc) is 2.46. The molecule has 2 nitrogen and oxygen atoms in total. The standard InChI is InChI=1S/C15H20BrFN2/c16-10-12-4-3-6-14(17)15(12)19-9-8-18-7-2-1-5-13(18)11-19/h3-4,6,13H,1-2,5,7-11H2. The van der Waals surface area contributed by atoms with Gasteiger partial charge in [0.1, 0.15) is 5.82 Å². The summed E-state index contributed by atoms with van der Waals surface area (Å²) in [5.74, 6) is -0.0822. The third-order valence-electron chi connectivity index (χ3n) is 4.37. The van der Waals surface area contributed by atoms with E-state index in [4.69, 9.17) is 0 Å². The SMILES string of the molecule is Fc1cccc(CBr)c1N1CCN2CCCCC2C1. The van der Waals surface area contributed by atoms with Crippen molar-refractivity contribution in [2.24, 2.45) is 0 Å². The van der Waals surface area contributed by atoms with Gasteiger partial charge in [-0.05, 0) is 31.0 Å². The first-order valence-electron chi connectivity index (χ1n) is 7.12. The Bertz CT molecular complexity index is 452. The molecule has 2 aliphatic rings. The van der Waals surface area contributed by atoms with Crippen molar-refractivity contribution < 1.29 is 4.39 Å². The zero-order valence-corrected chi connectivity index (χ0v) is 12.7. The monoisotopic (exact) mass is 326 g/mol. The molecule has 19 heavy (non-hydrogen) atoms. The molecule has 0 amide bonds. The van der Waals surface area contributed by atoms with E-state index in [0.717, 1.165) is 30.9 Å². The number of rotatable bonds is 2. The van der Waals surface area contributed by atoms with E-state index in [-0.39, 0.29) is 5.82 Å². The number of anilines is 1. The lowest BCUT2D eigenvalue weighted by atomic mass is 9.98. The highest BCUT2D eigenvalue weighted by Gasteiger charge is 2.30. The van der Waals surface area contributed by atoms with Crippen LogP contribution in [0.25, 0.3) is 0 Å². The molecule has 4 heteroatoms. The second kappa shape index (κ2) is 5.80. The lowest BCUT2D eigenvalue weighted by Gasteiger charge is -2.45. The maximum Gasteiger partial charge on any atom is 0.146 e. The number of piperazine rings is 1. The number of halogens is 2. The second-order valence-corrected chi connectivity index (χ2v) is 6.07. The first-order chi connectivity index (χ1) is 9.29. The number of fused-ring (bicyclic) bond motifs is 1. The van der Waals surface area contributed by atoms with Gasteiger partial charge in [-0.25, -0.2) is 4.39 Å². The molecule has 0 saturated carbocycles. The van der Waals surface area contributed by atoms with Crippen LogP contribution in [0.4, 0.5) is 10.1 Å². The number of benzene rings is 1. The summed E-state index contributed by atoms with van der Waals surface area (Å²) < 4.78 is 14.2. The summed E-state index contributed by atoms with van der Waals surface area (Å²) in [5, 5.41) is 0.713. The lowest BCUT2D eigenvalue weighted by molar-refractivity contribution is 0.133. The highest BCUT2D eigenvalue weighted by Crippen LogP contribution is 2.30. The first-order valence-corrected chi connectivity index (χ1v) is 8.24. The molecule has 1 aromatic rings. The van der Waals surface area contributed by atoms with Gasteiger partial charge in [0.25, 0.3) is 0 Å². The molecule has 0 spiro atoms. The van der Waals surface area contributed by atoms with Gasteiger partial charge in [-0.1, -0.05) is 34.5 Å². The Morgan fingerprint density at radius 1 is 1.21 bits per heavy atom. The normalized spacial score (nSPS) is 24.3. The van der Waals surface area contributed by atoms with Crippen LogP contribution >= 0.6 is 15.9 Å². The third kappa shape index (κ3) is 2.65. The Hall–Kier alpha value is -0.610. The molecule has 2 aliphatic heterocycles. The zero-order chi connectivity index (χ0) is 13.2. The fraction of sp³-hybridized carbons (Fsp3) is 0.600. The molecule has 0 aromatic heterocycles. The Labute approximate surface area is 122 Å². The molecule has 0 aliphatic carbocycles. The van der Waals surface area contributed by atoms with Gasteiger partial charge >= 0.3 is 0 Å². The highest BCUT2D eigenvalue weighted by molar-refractivity contribution is 9.08. The second-order valence-electron chi connectivity index (χ2n) is 5.51. The van der Waals surface area contributed by atoms with Gasteiger partial charge in [0.05, 0.1) is 5.69 Å². The summed E-state index contributed by atoms with van der Waals surface area (Å²) in [5.41, 5.74) is 1.87. The predicted molar refractivity (Wildman–Crippen MR) is 80.5 cm³/mol. The van der Waals surface area contributed by atoms with Gasteiger partial charge in [0.15, 0.2) is 0 Å². The number of piperidine rings is 1. The molecule has 0 N–H and O–H groups in total. The summed E-state index contributed by atoms with van der Waals surface area (Å²) in [7, 11) is 0. The quantitative estimate of drug-likeness (QED) is 0.768. The van der Waals surface area contributed by atoms with Crippen molar-refractivity contribution in [3.8, 4) is 0 Å². The molecule has 2 heterocycles. The van der Waals surface area contributed by atoms with E-state index in [0.29, 0.717) is 11.4 Å². The van der Waals surface area contributed by atoms with Crippen LogP contribution in [0.2, 0.25) is 0 Å². The van der Waals surface area contributed by atoms with Gasteiger partial charge in [0.2, 0.25) is 0 Å². The predicted octanol–water partition coefficient (Wildman–Crippen LogP) is 3.40. The van der Waals surface area contributed by atoms with E-state index in [1.807, 2.05) is 6.07 Å². The molecular weight excluding hydrogens is 307 g/mol. The molecule has 1 unspecified atom stereocenters. The van der Waals surface area contributed by atoms with Crippen LogP contribution in [0.15, 0.2) is 18.2 Å². The molecule has 0 radical (unpaired) electrons. The maximum atomic E-state index is 14.2. The van der Waals surface area contributed by atoms with Crippen molar-refractivity contribution >= 4 is 21.6 Å². The Morgan fingerprint density at radius 3 is 2.95 bits per heavy atom. The van der Waals surface area contributed by atoms with E-state index in [1.165, 1.54) is 25.8 Å². The van der Waals surface area contributed by atoms with Crippen LogP contribution in [0, 0.1) is 5.82 Å². The first kappa shape index (κ1) is 13.4. The highest BCUT2D eigenvalue weighted by atomic mass is 79.9. The Morgan fingerprint density at radius 2 is 2.11 bits per heavy atom. The van der Waals surface area contributed by atoms with Crippen LogP contribution < -0.4 is 4.90 Å². The van der Waals surface area contributed by atoms with E-state index < -0.39 is 0 Å². The van der Waals surface area contributed by atoms with Gasteiger partial charge in [-0.15, -0.1) is 0 Å². The van der Waals surface area contributed by atoms with Gasteiger partial charge in [0, 0.05) is 31.0 Å². The van der Waals surface area contributed by atoms with Crippen LogP contribution in [0.1, 0.15) is 24.8 Å². The Balaban J connectivity index is 1.83. The van der Waals surface area contributed by atoms with Crippen LogP contribution in [0.3, 0.4) is 0 Å². The Kier molecular flexibility index (Phi) is 4.08. The van der Waals surface area contributed by atoms with Gasteiger partial charge < -0.3 is 4.90 Å². The number of hydrogen-bond donors (Lipinski definition) is 0. The number of alkyl halides is 1. The average molecular weight is 327 g/mol. The number of para-hydroxylation sites is 1. The summed E-state index contributed by atoms with van der Waals surface area (Å²) >= 11 is 3.47. The van der Waals surface area contributed by atoms with Gasteiger partial charge in [-0.3, -0.25) is 4.90 Å². The zero-order valence-electron chi connectivity index (χ0n) is 11.1. The summed E-state index contributed by atoms with van der Waals surface area (Å²) in [6, 6.07) is 6.01. The van der Waals surface area contributed by atoms with E-state index in [2.05, 4.69) is 25.7 Å². The smallest absolute Gasteiger partial charge is 0.146 e. The molecule has 2 saturated heterocycles. The number of hydrogen-bond acceptors (Lipinski definition) is 2. The minimum absolute atomic E-state index is 0.0822. The summed E-state index contributed by atoms with van der Waals surface area (Å²) in [6.45, 7) is 4.21. The van der Waals surface area contributed by atoms with Gasteiger partial charge in [-0.2, -0.15) is 0 Å². The third-order valence-corrected chi connectivity index (χ3v) is 4.97. The van der Waals surface area contributed by atoms with Crippen molar-refractivity contribution in [1.82, 2.24) is 4.90 Å². The van der Waals surface area contributed by atoms with Crippen LogP contribution in [0.5, 0.6) is 0 Å². The van der Waals surface area contributed by atoms with Crippen LogP contribution in [-0.2, 0) is 5.33 Å². The van der Waals surface area contributed by atoms with Crippen molar-refractivity contribution in [2.45, 2.75) is 30.6 Å². The van der Waals surface area contributed by atoms with Crippen molar-refractivity contribution in [3.63, 3.8) is 0 Å². The topological polar surface area (TPSA) is 6.48 Å². The van der Waals surface area contributed by atoms with Crippen molar-refractivity contribution in [3.05, 3.63) is 29.6 Å². The minimum Gasteiger partial charge on any atom is -0.366 e. The molecule has 104 valence electrons. The fourth-order valence-corrected chi connectivity index (χ4v) is 3.83. The molecule has 1 aromatic carbocycles. The van der Waals surface area contributed by atoms with Crippen LogP contribution in [-0.4, -0.2) is 37.1 Å². The molecule has 1 atom stereocenters. The minimum atomic E-state index is -0.0822. The molecule has 3 rings (SSSR count). The summed E-state index contributed by atoms with van der Waals surface area (Å²) in [6.07, 6.45) is 3.90. The van der Waals surface area contributed by atoms with E-state index >= 15 is 0 Å². The number of nitrogens with zero attached hydrogens (tertiary/aromatic N) is 2. The van der Waals surface area contributed by atoms with Crippen molar-refractivity contribution in [2.75, 3.05) is 31.1 Å². The fourth-order valence-electron chi connectivity index (χ4n) is 3.38. The maximum absolute atomic E-state index is 14.2. The molecule has 2 fully saturated rings.